The summed E-state index contributed by atoms with van der Waals surface area (Å²) in [6.07, 6.45) is 0.349. The van der Waals surface area contributed by atoms with E-state index < -0.39 is 40.7 Å². The van der Waals surface area contributed by atoms with E-state index in [1.807, 2.05) is 13.8 Å². The molecule has 0 bridgehead atoms. The number of methoxy groups -OCH3 is 1. The van der Waals surface area contributed by atoms with Crippen LogP contribution in [0, 0.1) is 22.9 Å². The molecule has 1 aliphatic heterocycles. The number of nitro groups is 1. The fraction of sp³-hybridized carbons (Fsp3) is 0.333. The van der Waals surface area contributed by atoms with Crippen molar-refractivity contribution >= 4 is 40.1 Å². The number of aromatic nitrogens is 3. The average Bonchev–Trinajstić information content (AvgIpc) is 3.00. The number of halogens is 2. The molecule has 1 amide bonds. The van der Waals surface area contributed by atoms with Gasteiger partial charge in [-0.15, -0.1) is 0 Å². The molecule has 0 spiro atoms. The standard InChI is InChI=1S/C30H30ClFN6O7/c1-15(2)23-25(16(3)8-9-33-23)37-28-18(12-19(31)24(34-28)22-20(32)6-5-7-21(22)45-4)26(27(29(37)40)38(43)44)36-11-10-35(30(41)42)13-17(36)14-39/h5-9,12,15,17,39H,10-11,13-14H2,1-4H3,(H,41,42)/t17-/m1/s1. The first-order valence-corrected chi connectivity index (χ1v) is 14.4. The van der Waals surface area contributed by atoms with E-state index in [1.54, 1.807) is 19.2 Å². The van der Waals surface area contributed by atoms with Gasteiger partial charge in [-0.25, -0.2) is 14.2 Å². The van der Waals surface area contributed by atoms with Crippen LogP contribution in [0.2, 0.25) is 5.02 Å². The summed E-state index contributed by atoms with van der Waals surface area (Å²) >= 11 is 6.76. The van der Waals surface area contributed by atoms with Crippen LogP contribution in [0.4, 0.5) is 20.6 Å². The number of carboxylic acid groups (broad SMARTS) is 1. The Labute approximate surface area is 261 Å². The van der Waals surface area contributed by atoms with Crippen LogP contribution in [0.3, 0.4) is 0 Å². The second-order valence-corrected chi connectivity index (χ2v) is 11.3. The quantitative estimate of drug-likeness (QED) is 0.213. The van der Waals surface area contributed by atoms with E-state index in [1.165, 1.54) is 36.3 Å². The Balaban J connectivity index is 1.98. The highest BCUT2D eigenvalue weighted by molar-refractivity contribution is 6.34. The second-order valence-electron chi connectivity index (χ2n) is 10.9. The van der Waals surface area contributed by atoms with Crippen LogP contribution in [0.25, 0.3) is 28.0 Å². The molecule has 4 heterocycles. The molecule has 0 aliphatic carbocycles. The van der Waals surface area contributed by atoms with Crippen molar-refractivity contribution in [2.75, 3.05) is 38.3 Å². The highest BCUT2D eigenvalue weighted by Crippen LogP contribution is 2.42. The van der Waals surface area contributed by atoms with Gasteiger partial charge in [0.2, 0.25) is 0 Å². The van der Waals surface area contributed by atoms with E-state index in [0.29, 0.717) is 11.3 Å². The molecule has 13 nitrogen and oxygen atoms in total. The van der Waals surface area contributed by atoms with Crippen molar-refractivity contribution < 1.29 is 29.1 Å². The third kappa shape index (κ3) is 5.40. The zero-order valence-corrected chi connectivity index (χ0v) is 25.6. The lowest BCUT2D eigenvalue weighted by molar-refractivity contribution is -0.385. The number of carbonyl (C=O) groups is 1. The topological polar surface area (TPSA) is 164 Å². The maximum Gasteiger partial charge on any atom is 0.407 e. The number of benzene rings is 1. The molecule has 5 rings (SSSR count). The lowest BCUT2D eigenvalue weighted by Gasteiger charge is -2.41. The smallest absolute Gasteiger partial charge is 0.407 e. The first-order chi connectivity index (χ1) is 21.4. The number of piperazine rings is 1. The number of ether oxygens (including phenoxy) is 1. The number of nitrogens with zero attached hydrogens (tertiary/aromatic N) is 6. The molecular weight excluding hydrogens is 611 g/mol. The van der Waals surface area contributed by atoms with Gasteiger partial charge in [0.15, 0.2) is 5.65 Å². The Morgan fingerprint density at radius 2 is 2.00 bits per heavy atom. The molecule has 45 heavy (non-hydrogen) atoms. The van der Waals surface area contributed by atoms with Gasteiger partial charge in [0.25, 0.3) is 0 Å². The molecule has 2 N–H and O–H groups in total. The zero-order valence-electron chi connectivity index (χ0n) is 24.8. The molecule has 1 saturated heterocycles. The number of hydrogen-bond acceptors (Lipinski definition) is 9. The van der Waals surface area contributed by atoms with Crippen LogP contribution in [0.5, 0.6) is 5.75 Å². The van der Waals surface area contributed by atoms with Crippen molar-refractivity contribution in [3.8, 4) is 22.7 Å². The van der Waals surface area contributed by atoms with E-state index in [0.717, 1.165) is 9.47 Å². The fourth-order valence-electron chi connectivity index (χ4n) is 5.76. The minimum absolute atomic E-state index is 0.0571. The van der Waals surface area contributed by atoms with Gasteiger partial charge in [-0.1, -0.05) is 31.5 Å². The Bertz CT molecular complexity index is 1900. The third-order valence-corrected chi connectivity index (χ3v) is 8.13. The van der Waals surface area contributed by atoms with Crippen LogP contribution >= 0.6 is 11.6 Å². The van der Waals surface area contributed by atoms with E-state index in [-0.39, 0.29) is 70.0 Å². The predicted molar refractivity (Wildman–Crippen MR) is 165 cm³/mol. The van der Waals surface area contributed by atoms with Gasteiger partial charge in [-0.05, 0) is 42.7 Å². The van der Waals surface area contributed by atoms with Crippen LogP contribution in [0.15, 0.2) is 41.3 Å². The van der Waals surface area contributed by atoms with Crippen molar-refractivity contribution in [2.45, 2.75) is 32.7 Å². The highest BCUT2D eigenvalue weighted by atomic mass is 35.5. The average molecular weight is 641 g/mol. The van der Waals surface area contributed by atoms with Gasteiger partial charge in [0.05, 0.1) is 57.7 Å². The summed E-state index contributed by atoms with van der Waals surface area (Å²) in [4.78, 5) is 49.8. The van der Waals surface area contributed by atoms with Gasteiger partial charge in [0.1, 0.15) is 17.3 Å². The molecule has 0 saturated carbocycles. The van der Waals surface area contributed by atoms with E-state index >= 15 is 4.39 Å². The van der Waals surface area contributed by atoms with Crippen LogP contribution in [-0.2, 0) is 0 Å². The van der Waals surface area contributed by atoms with E-state index in [2.05, 4.69) is 4.98 Å². The Morgan fingerprint density at radius 1 is 1.27 bits per heavy atom. The summed E-state index contributed by atoms with van der Waals surface area (Å²) in [6, 6.07) is 6.24. The zero-order chi connectivity index (χ0) is 32.7. The van der Waals surface area contributed by atoms with Gasteiger partial charge in [0, 0.05) is 25.8 Å². The van der Waals surface area contributed by atoms with Gasteiger partial charge >= 0.3 is 17.3 Å². The normalized spacial score (nSPS) is 15.2. The van der Waals surface area contributed by atoms with Crippen molar-refractivity contribution in [1.82, 2.24) is 19.4 Å². The number of hydrogen-bond donors (Lipinski definition) is 2. The Kier molecular flexibility index (Phi) is 8.63. The summed E-state index contributed by atoms with van der Waals surface area (Å²) in [7, 11) is 1.35. The lowest BCUT2D eigenvalue weighted by atomic mass is 10.0. The number of pyridine rings is 3. The second kappa shape index (κ2) is 12.3. The fourth-order valence-corrected chi connectivity index (χ4v) is 6.01. The number of aliphatic hydroxyl groups excluding tert-OH is 1. The highest BCUT2D eigenvalue weighted by Gasteiger charge is 2.38. The number of amides is 1. The van der Waals surface area contributed by atoms with E-state index in [4.69, 9.17) is 21.3 Å². The molecule has 3 aromatic heterocycles. The minimum atomic E-state index is -1.22. The van der Waals surface area contributed by atoms with Gasteiger partial charge < -0.3 is 24.7 Å². The first-order valence-electron chi connectivity index (χ1n) is 14.0. The lowest BCUT2D eigenvalue weighted by Crippen LogP contribution is -2.56. The SMILES string of the molecule is COc1cccc(F)c1-c1nc2c(cc1Cl)c(N1CCN(C(=O)O)C[C@@H]1CO)c([N+](=O)[O-])c(=O)n2-c1c(C)ccnc1C(C)C. The number of anilines is 1. The first kappa shape index (κ1) is 31.6. The van der Waals surface area contributed by atoms with Gasteiger partial charge in [-0.2, -0.15) is 0 Å². The van der Waals surface area contributed by atoms with Crippen LogP contribution < -0.4 is 15.2 Å². The van der Waals surface area contributed by atoms with Crippen molar-refractivity contribution in [3.63, 3.8) is 0 Å². The Morgan fingerprint density at radius 3 is 2.62 bits per heavy atom. The molecule has 15 heteroatoms. The van der Waals surface area contributed by atoms with E-state index in [9.17, 15) is 29.9 Å². The predicted octanol–water partition coefficient (Wildman–Crippen LogP) is 4.75. The number of aliphatic hydroxyl groups is 1. The molecule has 1 aromatic carbocycles. The maximum absolute atomic E-state index is 15.3. The monoisotopic (exact) mass is 640 g/mol. The van der Waals surface area contributed by atoms with Gasteiger partial charge in [-0.3, -0.25) is 24.5 Å². The molecule has 1 atom stereocenters. The molecule has 1 fully saturated rings. The largest absolute Gasteiger partial charge is 0.496 e. The number of fused-ring (bicyclic) bond motifs is 1. The molecule has 4 aromatic rings. The van der Waals surface area contributed by atoms with Crippen molar-refractivity contribution in [3.05, 3.63) is 79.1 Å². The van der Waals surface area contributed by atoms with Crippen molar-refractivity contribution in [2.24, 2.45) is 0 Å². The third-order valence-electron chi connectivity index (χ3n) is 7.84. The maximum atomic E-state index is 15.3. The summed E-state index contributed by atoms with van der Waals surface area (Å²) in [5, 5.41) is 32.5. The molecule has 0 unspecified atom stereocenters. The minimum Gasteiger partial charge on any atom is -0.496 e. The molecule has 0 radical (unpaired) electrons. The summed E-state index contributed by atoms with van der Waals surface area (Å²) < 4.78 is 21.8. The molecular formula is C30H30ClFN6O7. The number of aryl methyl sites for hydroxylation is 1. The molecule has 236 valence electrons. The van der Waals surface area contributed by atoms with Crippen LogP contribution in [-0.4, -0.2) is 80.1 Å². The van der Waals surface area contributed by atoms with Crippen molar-refractivity contribution in [1.29, 1.82) is 0 Å². The molecule has 1 aliphatic rings. The summed E-state index contributed by atoms with van der Waals surface area (Å²) in [6.45, 7) is 4.54. The Hall–Kier alpha value is -4.82. The summed E-state index contributed by atoms with van der Waals surface area (Å²) in [5.41, 5.74) is -0.983. The summed E-state index contributed by atoms with van der Waals surface area (Å²) in [5.74, 6) is -0.808. The number of rotatable bonds is 7. The van der Waals surface area contributed by atoms with Crippen LogP contribution in [0.1, 0.15) is 31.0 Å².